The second-order valence-electron chi connectivity index (χ2n) is 4.67. The van der Waals surface area contributed by atoms with Crippen LogP contribution in [0, 0.1) is 5.92 Å². The quantitative estimate of drug-likeness (QED) is 0.841. The zero-order valence-electron chi connectivity index (χ0n) is 9.77. The summed E-state index contributed by atoms with van der Waals surface area (Å²) in [5, 5.41) is 9.45. The van der Waals surface area contributed by atoms with Crippen LogP contribution < -0.4 is 0 Å². The van der Waals surface area contributed by atoms with Gasteiger partial charge in [0.2, 0.25) is 0 Å². The average Bonchev–Trinajstić information content (AvgIpc) is 2.27. The Hall–Kier alpha value is -1.22. The molecule has 0 unspecified atom stereocenters. The zero-order valence-corrected chi connectivity index (χ0v) is 10.5. The van der Waals surface area contributed by atoms with Crippen molar-refractivity contribution in [2.45, 2.75) is 18.2 Å². The molecule has 0 bridgehead atoms. The molecule has 0 spiro atoms. The van der Waals surface area contributed by atoms with Crippen LogP contribution >= 0.6 is 11.6 Å². The SMILES string of the molecule is CN(CC1CC(Cl)C1)C(=O)c1ccc(O)cc1. The van der Waals surface area contributed by atoms with E-state index in [0.29, 0.717) is 11.5 Å². The fourth-order valence-corrected chi connectivity index (χ4v) is 2.60. The molecule has 1 aliphatic rings. The highest BCUT2D eigenvalue weighted by Crippen LogP contribution is 2.32. The van der Waals surface area contributed by atoms with Crippen molar-refractivity contribution in [3.63, 3.8) is 0 Å². The molecular formula is C13H16ClNO2. The summed E-state index contributed by atoms with van der Waals surface area (Å²) in [5.41, 5.74) is 0.604. The Bertz CT molecular complexity index is 398. The third-order valence-electron chi connectivity index (χ3n) is 3.17. The number of amides is 1. The van der Waals surface area contributed by atoms with E-state index in [0.717, 1.165) is 19.4 Å². The first-order valence-electron chi connectivity index (χ1n) is 5.75. The first-order chi connectivity index (χ1) is 8.06. The molecule has 0 radical (unpaired) electrons. The summed E-state index contributed by atoms with van der Waals surface area (Å²) in [7, 11) is 1.80. The molecule has 92 valence electrons. The van der Waals surface area contributed by atoms with E-state index in [2.05, 4.69) is 0 Å². The molecule has 1 aliphatic carbocycles. The van der Waals surface area contributed by atoms with Gasteiger partial charge < -0.3 is 10.0 Å². The topological polar surface area (TPSA) is 40.5 Å². The number of benzene rings is 1. The maximum Gasteiger partial charge on any atom is 0.253 e. The van der Waals surface area contributed by atoms with Gasteiger partial charge in [0.1, 0.15) is 5.75 Å². The van der Waals surface area contributed by atoms with Gasteiger partial charge in [-0.15, -0.1) is 11.6 Å². The molecule has 0 atom stereocenters. The van der Waals surface area contributed by atoms with Crippen molar-refractivity contribution in [1.29, 1.82) is 0 Å². The number of hydrogen-bond acceptors (Lipinski definition) is 2. The first-order valence-corrected chi connectivity index (χ1v) is 6.18. The number of alkyl halides is 1. The minimum Gasteiger partial charge on any atom is -0.508 e. The van der Waals surface area contributed by atoms with Gasteiger partial charge in [-0.3, -0.25) is 4.79 Å². The Morgan fingerprint density at radius 3 is 2.53 bits per heavy atom. The van der Waals surface area contributed by atoms with E-state index in [4.69, 9.17) is 16.7 Å². The van der Waals surface area contributed by atoms with Crippen LogP contribution in [0.2, 0.25) is 0 Å². The lowest BCUT2D eigenvalue weighted by molar-refractivity contribution is 0.0747. The molecule has 0 saturated heterocycles. The van der Waals surface area contributed by atoms with Crippen LogP contribution in [0.15, 0.2) is 24.3 Å². The molecule has 1 N–H and O–H groups in total. The number of carbonyl (C=O) groups is 1. The van der Waals surface area contributed by atoms with Crippen molar-refractivity contribution >= 4 is 17.5 Å². The van der Waals surface area contributed by atoms with E-state index >= 15 is 0 Å². The molecule has 17 heavy (non-hydrogen) atoms. The lowest BCUT2D eigenvalue weighted by Gasteiger charge is -2.34. The van der Waals surface area contributed by atoms with E-state index in [9.17, 15) is 4.79 Å². The molecule has 4 heteroatoms. The van der Waals surface area contributed by atoms with Crippen molar-refractivity contribution in [2.75, 3.05) is 13.6 Å². The maximum absolute atomic E-state index is 12.0. The van der Waals surface area contributed by atoms with E-state index in [1.165, 1.54) is 12.1 Å². The summed E-state index contributed by atoms with van der Waals surface area (Å²) in [6.07, 6.45) is 1.99. The molecule has 1 saturated carbocycles. The van der Waals surface area contributed by atoms with E-state index < -0.39 is 0 Å². The minimum atomic E-state index is -0.0111. The Kier molecular flexibility index (Phi) is 3.57. The van der Waals surface area contributed by atoms with Gasteiger partial charge in [0, 0.05) is 24.5 Å². The smallest absolute Gasteiger partial charge is 0.253 e. The molecule has 1 aromatic rings. The maximum atomic E-state index is 12.0. The van der Waals surface area contributed by atoms with E-state index in [1.54, 1.807) is 24.1 Å². The van der Waals surface area contributed by atoms with Gasteiger partial charge in [-0.1, -0.05) is 0 Å². The van der Waals surface area contributed by atoms with Gasteiger partial charge in [0.15, 0.2) is 0 Å². The lowest BCUT2D eigenvalue weighted by Crippen LogP contribution is -2.37. The summed E-state index contributed by atoms with van der Waals surface area (Å²) in [6, 6.07) is 6.33. The van der Waals surface area contributed by atoms with Gasteiger partial charge in [-0.2, -0.15) is 0 Å². The van der Waals surface area contributed by atoms with Crippen molar-refractivity contribution in [2.24, 2.45) is 5.92 Å². The number of aromatic hydroxyl groups is 1. The largest absolute Gasteiger partial charge is 0.508 e. The summed E-state index contributed by atoms with van der Waals surface area (Å²) in [6.45, 7) is 0.753. The molecule has 0 aliphatic heterocycles. The van der Waals surface area contributed by atoms with Gasteiger partial charge in [0.25, 0.3) is 5.91 Å². The molecule has 1 aromatic carbocycles. The lowest BCUT2D eigenvalue weighted by atomic mass is 9.84. The number of nitrogens with zero attached hydrogens (tertiary/aromatic N) is 1. The number of rotatable bonds is 3. The highest BCUT2D eigenvalue weighted by Gasteiger charge is 2.29. The summed E-state index contributed by atoms with van der Waals surface area (Å²) >= 11 is 5.91. The third-order valence-corrected chi connectivity index (χ3v) is 3.53. The van der Waals surface area contributed by atoms with Crippen molar-refractivity contribution in [1.82, 2.24) is 4.90 Å². The Labute approximate surface area is 106 Å². The highest BCUT2D eigenvalue weighted by atomic mass is 35.5. The van der Waals surface area contributed by atoms with Crippen molar-refractivity contribution < 1.29 is 9.90 Å². The van der Waals surface area contributed by atoms with Gasteiger partial charge in [-0.05, 0) is 43.0 Å². The number of phenols is 1. The Morgan fingerprint density at radius 1 is 1.41 bits per heavy atom. The number of carbonyl (C=O) groups excluding carboxylic acids is 1. The normalized spacial score (nSPS) is 22.9. The Morgan fingerprint density at radius 2 is 2.00 bits per heavy atom. The fourth-order valence-electron chi connectivity index (χ4n) is 2.10. The number of phenolic OH excluding ortho intramolecular Hbond substituents is 1. The molecule has 0 aromatic heterocycles. The van der Waals surface area contributed by atoms with Crippen LogP contribution in [0.5, 0.6) is 5.75 Å². The Balaban J connectivity index is 1.92. The monoisotopic (exact) mass is 253 g/mol. The average molecular weight is 254 g/mol. The zero-order chi connectivity index (χ0) is 12.4. The standard InChI is InChI=1S/C13H16ClNO2/c1-15(8-9-6-11(14)7-9)13(17)10-2-4-12(16)5-3-10/h2-5,9,11,16H,6-8H2,1H3. The van der Waals surface area contributed by atoms with Crippen molar-refractivity contribution in [3.8, 4) is 5.75 Å². The highest BCUT2D eigenvalue weighted by molar-refractivity contribution is 6.21. The molecule has 1 fully saturated rings. The van der Waals surface area contributed by atoms with Gasteiger partial charge in [-0.25, -0.2) is 0 Å². The van der Waals surface area contributed by atoms with Crippen LogP contribution in [0.1, 0.15) is 23.2 Å². The number of halogens is 1. The van der Waals surface area contributed by atoms with Crippen LogP contribution in [0.3, 0.4) is 0 Å². The van der Waals surface area contributed by atoms with Crippen LogP contribution in [0.25, 0.3) is 0 Å². The summed E-state index contributed by atoms with van der Waals surface area (Å²) in [4.78, 5) is 13.7. The predicted octanol–water partition coefficient (Wildman–Crippen LogP) is 2.48. The first kappa shape index (κ1) is 12.2. The molecule has 1 amide bonds. The van der Waals surface area contributed by atoms with Crippen LogP contribution in [0.4, 0.5) is 0 Å². The van der Waals surface area contributed by atoms with E-state index in [-0.39, 0.29) is 17.0 Å². The molecule has 0 heterocycles. The van der Waals surface area contributed by atoms with Crippen molar-refractivity contribution in [3.05, 3.63) is 29.8 Å². The third kappa shape index (κ3) is 2.91. The molecule has 2 rings (SSSR count). The van der Waals surface area contributed by atoms with Gasteiger partial charge in [0.05, 0.1) is 0 Å². The predicted molar refractivity (Wildman–Crippen MR) is 67.4 cm³/mol. The van der Waals surface area contributed by atoms with Crippen LogP contribution in [-0.4, -0.2) is 34.9 Å². The van der Waals surface area contributed by atoms with Gasteiger partial charge >= 0.3 is 0 Å². The minimum absolute atomic E-state index is 0.0111. The van der Waals surface area contributed by atoms with Crippen LogP contribution in [-0.2, 0) is 0 Å². The number of hydrogen-bond donors (Lipinski definition) is 1. The second kappa shape index (κ2) is 4.96. The molecule has 3 nitrogen and oxygen atoms in total. The second-order valence-corrected chi connectivity index (χ2v) is 5.28. The summed E-state index contributed by atoms with van der Waals surface area (Å²) in [5.74, 6) is 0.694. The van der Waals surface area contributed by atoms with E-state index in [1.807, 2.05) is 0 Å². The fraction of sp³-hybridized carbons (Fsp3) is 0.462. The summed E-state index contributed by atoms with van der Waals surface area (Å²) < 4.78 is 0. The molecular weight excluding hydrogens is 238 g/mol.